The minimum Gasteiger partial charge on any atom is -0.413 e. The van der Waals surface area contributed by atoms with E-state index in [0.717, 1.165) is 17.0 Å². The van der Waals surface area contributed by atoms with Gasteiger partial charge >= 0.3 is 0 Å². The fourth-order valence-corrected chi connectivity index (χ4v) is 3.34. The zero-order valence-electron chi connectivity index (χ0n) is 18.4. The molecule has 0 aliphatic carbocycles. The second-order valence-electron chi connectivity index (χ2n) is 7.52. The normalized spacial score (nSPS) is 11.3. The predicted molar refractivity (Wildman–Crippen MR) is 122 cm³/mol. The first-order chi connectivity index (χ1) is 14.8. The molecule has 2 radical (unpaired) electrons. The smallest absolute Gasteiger partial charge is 0.228 e. The maximum atomic E-state index is 10.9. The second kappa shape index (κ2) is 8.77. The highest BCUT2D eigenvalue weighted by Gasteiger charge is 2.22. The lowest BCUT2D eigenvalue weighted by Crippen LogP contribution is -2.26. The minimum absolute atomic E-state index is 0.403. The van der Waals surface area contributed by atoms with E-state index < -0.39 is 5.60 Å². The van der Waals surface area contributed by atoms with Crippen LogP contribution in [0, 0.1) is 0 Å². The van der Waals surface area contributed by atoms with E-state index in [2.05, 4.69) is 15.4 Å². The van der Waals surface area contributed by atoms with Crippen LogP contribution in [-0.4, -0.2) is 56.3 Å². The van der Waals surface area contributed by atoms with Crippen LogP contribution in [0.5, 0.6) is 0 Å². The van der Waals surface area contributed by atoms with Crippen LogP contribution in [0.3, 0.4) is 0 Å². The van der Waals surface area contributed by atoms with Gasteiger partial charge in [0.2, 0.25) is 14.4 Å². The highest BCUT2D eigenvalue weighted by molar-refractivity contribution is 6.17. The lowest BCUT2D eigenvalue weighted by Gasteiger charge is -2.21. The molecule has 0 unspecified atom stereocenters. The highest BCUT2D eigenvalue weighted by Crippen LogP contribution is 2.35. The number of nitrogens with one attached hydrogen (secondary N) is 1. The van der Waals surface area contributed by atoms with E-state index in [9.17, 15) is 9.90 Å². The SMILES string of the molecule is CC.[B]N(C)c1cc(-c2cnc3n(CC(C)(C)O)cccc2-3)nc2c(NC=O)cnn12. The van der Waals surface area contributed by atoms with Crippen molar-refractivity contribution in [3.63, 3.8) is 0 Å². The number of carbonyl (C=O) groups is 1. The van der Waals surface area contributed by atoms with Crippen LogP contribution in [0.4, 0.5) is 11.5 Å². The van der Waals surface area contributed by atoms with E-state index in [0.29, 0.717) is 35.8 Å². The van der Waals surface area contributed by atoms with Crippen LogP contribution in [0.25, 0.3) is 28.3 Å². The van der Waals surface area contributed by atoms with Crippen molar-refractivity contribution < 1.29 is 9.90 Å². The number of pyridine rings is 1. The van der Waals surface area contributed by atoms with Gasteiger partial charge in [-0.2, -0.15) is 9.61 Å². The Kier molecular flexibility index (Phi) is 6.30. The van der Waals surface area contributed by atoms with Crippen LogP contribution in [0.2, 0.25) is 0 Å². The molecule has 0 fully saturated rings. The number of aromatic nitrogens is 5. The van der Waals surface area contributed by atoms with Crippen LogP contribution in [-0.2, 0) is 11.3 Å². The Morgan fingerprint density at radius 3 is 2.68 bits per heavy atom. The van der Waals surface area contributed by atoms with E-state index in [1.807, 2.05) is 42.8 Å². The van der Waals surface area contributed by atoms with Crippen molar-refractivity contribution in [2.75, 3.05) is 17.2 Å². The number of amides is 1. The van der Waals surface area contributed by atoms with Crippen molar-refractivity contribution in [1.29, 1.82) is 0 Å². The third-order valence-corrected chi connectivity index (χ3v) is 4.51. The first kappa shape index (κ1) is 22.3. The molecule has 0 spiro atoms. The molecule has 0 saturated heterocycles. The molecule has 1 amide bonds. The van der Waals surface area contributed by atoms with E-state index in [4.69, 9.17) is 13.0 Å². The van der Waals surface area contributed by atoms with Gasteiger partial charge in [0, 0.05) is 29.6 Å². The Labute approximate surface area is 182 Å². The summed E-state index contributed by atoms with van der Waals surface area (Å²) in [4.78, 5) is 21.6. The maximum absolute atomic E-state index is 10.9. The number of hydrogen-bond acceptors (Lipinski definition) is 6. The van der Waals surface area contributed by atoms with Crippen LogP contribution in [0.1, 0.15) is 27.7 Å². The Morgan fingerprint density at radius 2 is 2.03 bits per heavy atom. The number of rotatable bonds is 6. The van der Waals surface area contributed by atoms with E-state index >= 15 is 0 Å². The molecule has 31 heavy (non-hydrogen) atoms. The molecule has 2 aromatic rings. The molecule has 9 nitrogen and oxygen atoms in total. The summed E-state index contributed by atoms with van der Waals surface area (Å²) in [6, 6.07) is 5.68. The van der Waals surface area contributed by atoms with Gasteiger partial charge < -0.3 is 19.8 Å². The third-order valence-electron chi connectivity index (χ3n) is 4.51. The van der Waals surface area contributed by atoms with Crippen molar-refractivity contribution in [2.45, 2.75) is 39.8 Å². The molecular formula is C21H26BN7O2. The molecule has 2 aliphatic heterocycles. The van der Waals surface area contributed by atoms with E-state index in [1.54, 1.807) is 31.6 Å². The standard InChI is InChI=1S/C19H20BN7O2.C2H6/c1-19(2,29)10-26-6-4-5-12-13(8-21-17(12)26)14-7-16(25(3)20)27-18(24-14)15(9-23-27)22-11-28;1-2/h4-9,11,29H,10H2,1-3H3,(H,22,28);1-2H3. The number of nitrogens with zero attached hydrogens (tertiary/aromatic N) is 6. The number of anilines is 2. The summed E-state index contributed by atoms with van der Waals surface area (Å²) < 4.78 is 3.47. The number of fused-ring (bicyclic) bond motifs is 2. The first-order valence-corrected chi connectivity index (χ1v) is 10.0. The molecule has 160 valence electrons. The molecule has 4 rings (SSSR count). The van der Waals surface area contributed by atoms with Crippen LogP contribution >= 0.6 is 0 Å². The number of hydrogen-bond donors (Lipinski definition) is 2. The molecule has 4 heterocycles. The predicted octanol–water partition coefficient (Wildman–Crippen LogP) is 2.58. The van der Waals surface area contributed by atoms with Crippen LogP contribution < -0.4 is 10.1 Å². The zero-order valence-corrected chi connectivity index (χ0v) is 18.4. The molecule has 2 N–H and O–H groups in total. The Hall–Kier alpha value is -3.40. The van der Waals surface area contributed by atoms with Gasteiger partial charge in [0.25, 0.3) is 0 Å². The summed E-state index contributed by atoms with van der Waals surface area (Å²) in [7, 11) is 7.70. The second-order valence-corrected chi connectivity index (χ2v) is 7.52. The van der Waals surface area contributed by atoms with E-state index in [-0.39, 0.29) is 0 Å². The highest BCUT2D eigenvalue weighted by atomic mass is 16.3. The average Bonchev–Trinajstić information content (AvgIpc) is 3.33. The number of carbonyl (C=O) groups excluding carboxylic acids is 1. The summed E-state index contributed by atoms with van der Waals surface area (Å²) in [5.41, 5.74) is 2.42. The molecule has 2 aliphatic rings. The fourth-order valence-electron chi connectivity index (χ4n) is 3.34. The molecule has 0 saturated carbocycles. The lowest BCUT2D eigenvalue weighted by atomic mass is 10.1. The summed E-state index contributed by atoms with van der Waals surface area (Å²) >= 11 is 0. The zero-order chi connectivity index (χ0) is 22.8. The van der Waals surface area contributed by atoms with Gasteiger partial charge in [0.15, 0.2) is 5.65 Å². The van der Waals surface area contributed by atoms with Gasteiger partial charge in [-0.25, -0.2) is 9.97 Å². The van der Waals surface area contributed by atoms with Gasteiger partial charge in [-0.15, -0.1) is 0 Å². The quantitative estimate of drug-likeness (QED) is 0.368. The maximum Gasteiger partial charge on any atom is 0.228 e. The van der Waals surface area contributed by atoms with Crippen molar-refractivity contribution in [3.05, 3.63) is 36.8 Å². The summed E-state index contributed by atoms with van der Waals surface area (Å²) in [6.45, 7) is 7.91. The molecule has 0 atom stereocenters. The lowest BCUT2D eigenvalue weighted by molar-refractivity contribution is -0.105. The molecule has 2 aromatic heterocycles. The van der Waals surface area contributed by atoms with Gasteiger partial charge in [-0.3, -0.25) is 4.79 Å². The first-order valence-electron chi connectivity index (χ1n) is 10.0. The van der Waals surface area contributed by atoms with Gasteiger partial charge in [0.1, 0.15) is 17.3 Å². The molecule has 10 heteroatoms. The summed E-state index contributed by atoms with van der Waals surface area (Å²) in [5.74, 6) is 1.34. The largest absolute Gasteiger partial charge is 0.413 e. The van der Waals surface area contributed by atoms with Crippen molar-refractivity contribution in [1.82, 2.24) is 24.1 Å². The van der Waals surface area contributed by atoms with Gasteiger partial charge in [-0.05, 0) is 33.0 Å². The minimum atomic E-state index is -0.877. The van der Waals surface area contributed by atoms with Gasteiger partial charge in [-0.1, -0.05) is 13.8 Å². The molecule has 0 bridgehead atoms. The monoisotopic (exact) mass is 419 g/mol. The third kappa shape index (κ3) is 4.39. The Balaban J connectivity index is 0.00000132. The van der Waals surface area contributed by atoms with Gasteiger partial charge in [0.05, 0.1) is 24.0 Å². The molecule has 0 aromatic carbocycles. The topological polar surface area (TPSA) is 101 Å². The van der Waals surface area contributed by atoms with Crippen LogP contribution in [0.15, 0.2) is 36.8 Å². The Morgan fingerprint density at radius 1 is 1.29 bits per heavy atom. The van der Waals surface area contributed by atoms with Crippen molar-refractivity contribution in [3.8, 4) is 22.6 Å². The van der Waals surface area contributed by atoms with Crippen molar-refractivity contribution >= 4 is 31.5 Å². The van der Waals surface area contributed by atoms with E-state index in [1.165, 1.54) is 11.0 Å². The van der Waals surface area contributed by atoms with Crippen molar-refractivity contribution in [2.24, 2.45) is 0 Å². The Bertz CT molecular complexity index is 1160. The summed E-state index contributed by atoms with van der Waals surface area (Å²) in [5, 5.41) is 17.1. The number of aliphatic hydroxyl groups is 1. The average molecular weight is 419 g/mol. The summed E-state index contributed by atoms with van der Waals surface area (Å²) in [6.07, 6.45) is 5.73. The fraction of sp³-hybridized carbons (Fsp3) is 0.333. The molecular weight excluding hydrogens is 393 g/mol.